The van der Waals surface area contributed by atoms with Crippen molar-refractivity contribution in [3.63, 3.8) is 0 Å². The minimum absolute atomic E-state index is 0.0372. The van der Waals surface area contributed by atoms with Crippen molar-refractivity contribution in [2.45, 2.75) is 0 Å². The molecular formula is C20H18ClN3O2. The molecule has 0 unspecified atom stereocenters. The number of morpholine rings is 1. The molecule has 4 rings (SSSR count). The van der Waals surface area contributed by atoms with E-state index in [4.69, 9.17) is 21.4 Å². The Balaban J connectivity index is 1.77. The third kappa shape index (κ3) is 3.36. The van der Waals surface area contributed by atoms with Crippen LogP contribution in [0.4, 0.5) is 0 Å². The number of halogens is 1. The van der Waals surface area contributed by atoms with Gasteiger partial charge >= 0.3 is 0 Å². The summed E-state index contributed by atoms with van der Waals surface area (Å²) in [7, 11) is 0. The molecule has 2 heterocycles. The second-order valence-corrected chi connectivity index (χ2v) is 6.51. The highest BCUT2D eigenvalue weighted by Crippen LogP contribution is 2.24. The van der Waals surface area contributed by atoms with Gasteiger partial charge in [0, 0.05) is 23.7 Å². The van der Waals surface area contributed by atoms with Crippen LogP contribution in [0, 0.1) is 0 Å². The predicted molar refractivity (Wildman–Crippen MR) is 101 cm³/mol. The van der Waals surface area contributed by atoms with Gasteiger partial charge in [-0.05, 0) is 30.3 Å². The number of nitrogens with zero attached hydrogens (tertiary/aromatic N) is 3. The maximum absolute atomic E-state index is 13.1. The Morgan fingerprint density at radius 3 is 2.38 bits per heavy atom. The van der Waals surface area contributed by atoms with Crippen LogP contribution in [0.25, 0.3) is 16.9 Å². The van der Waals surface area contributed by atoms with Crippen molar-refractivity contribution >= 4 is 17.5 Å². The third-order valence-electron chi connectivity index (χ3n) is 4.37. The van der Waals surface area contributed by atoms with E-state index in [0.717, 1.165) is 16.9 Å². The lowest BCUT2D eigenvalue weighted by Crippen LogP contribution is -2.41. The van der Waals surface area contributed by atoms with E-state index >= 15 is 0 Å². The van der Waals surface area contributed by atoms with Crippen molar-refractivity contribution in [1.82, 2.24) is 14.7 Å². The summed E-state index contributed by atoms with van der Waals surface area (Å²) in [5.41, 5.74) is 3.05. The molecule has 1 aromatic heterocycles. The molecule has 0 spiro atoms. The Morgan fingerprint density at radius 1 is 1.00 bits per heavy atom. The van der Waals surface area contributed by atoms with E-state index in [-0.39, 0.29) is 5.91 Å². The number of aromatic nitrogens is 2. The summed E-state index contributed by atoms with van der Waals surface area (Å²) in [6.45, 7) is 2.31. The van der Waals surface area contributed by atoms with Gasteiger partial charge in [0.15, 0.2) is 0 Å². The topological polar surface area (TPSA) is 47.4 Å². The smallest absolute Gasteiger partial charge is 0.272 e. The zero-order valence-electron chi connectivity index (χ0n) is 14.1. The lowest BCUT2D eigenvalue weighted by atomic mass is 10.1. The van der Waals surface area contributed by atoms with E-state index in [9.17, 15) is 4.79 Å². The van der Waals surface area contributed by atoms with Gasteiger partial charge < -0.3 is 9.64 Å². The summed E-state index contributed by atoms with van der Waals surface area (Å²) in [6.07, 6.45) is 0. The van der Waals surface area contributed by atoms with Gasteiger partial charge in [-0.3, -0.25) is 4.79 Å². The molecule has 0 bridgehead atoms. The molecule has 1 amide bonds. The highest BCUT2D eigenvalue weighted by Gasteiger charge is 2.24. The number of carbonyl (C=O) groups excluding carboxylic acids is 1. The lowest BCUT2D eigenvalue weighted by molar-refractivity contribution is 0.0297. The van der Waals surface area contributed by atoms with E-state index in [1.165, 1.54) is 0 Å². The van der Waals surface area contributed by atoms with Crippen LogP contribution < -0.4 is 0 Å². The van der Waals surface area contributed by atoms with Crippen molar-refractivity contribution < 1.29 is 9.53 Å². The molecule has 1 aliphatic rings. The molecule has 0 saturated carbocycles. The van der Waals surface area contributed by atoms with Crippen molar-refractivity contribution in [2.75, 3.05) is 26.3 Å². The summed E-state index contributed by atoms with van der Waals surface area (Å²) in [6, 6.07) is 19.0. The molecule has 1 saturated heterocycles. The average molecular weight is 368 g/mol. The fourth-order valence-corrected chi connectivity index (χ4v) is 3.12. The molecule has 0 atom stereocenters. The first kappa shape index (κ1) is 16.8. The van der Waals surface area contributed by atoms with Gasteiger partial charge in [-0.2, -0.15) is 5.10 Å². The van der Waals surface area contributed by atoms with Gasteiger partial charge in [0.1, 0.15) is 5.69 Å². The number of hydrogen-bond acceptors (Lipinski definition) is 3. The number of amides is 1. The van der Waals surface area contributed by atoms with Crippen molar-refractivity contribution in [3.05, 3.63) is 71.4 Å². The highest BCUT2D eigenvalue weighted by atomic mass is 35.5. The first-order valence-electron chi connectivity index (χ1n) is 8.51. The van der Waals surface area contributed by atoms with Crippen molar-refractivity contribution in [2.24, 2.45) is 0 Å². The normalized spacial score (nSPS) is 14.4. The molecule has 6 heteroatoms. The van der Waals surface area contributed by atoms with Crippen LogP contribution in [-0.4, -0.2) is 46.9 Å². The summed E-state index contributed by atoms with van der Waals surface area (Å²) in [5.74, 6) is -0.0372. The summed E-state index contributed by atoms with van der Waals surface area (Å²) >= 11 is 5.99. The molecule has 0 aliphatic carbocycles. The second-order valence-electron chi connectivity index (χ2n) is 6.07. The fourth-order valence-electron chi connectivity index (χ4n) is 2.99. The number of ether oxygens (including phenoxy) is 1. The first-order chi connectivity index (χ1) is 12.7. The number of para-hydroxylation sites is 1. The fraction of sp³-hybridized carbons (Fsp3) is 0.200. The van der Waals surface area contributed by atoms with Gasteiger partial charge in [0.25, 0.3) is 5.91 Å². The Labute approximate surface area is 156 Å². The van der Waals surface area contributed by atoms with Crippen LogP contribution in [0.2, 0.25) is 5.02 Å². The molecular weight excluding hydrogens is 350 g/mol. The Kier molecular flexibility index (Phi) is 4.73. The zero-order chi connectivity index (χ0) is 17.9. The maximum atomic E-state index is 13.1. The van der Waals surface area contributed by atoms with Gasteiger partial charge in [-0.15, -0.1) is 0 Å². The maximum Gasteiger partial charge on any atom is 0.272 e. The van der Waals surface area contributed by atoms with Crippen LogP contribution in [-0.2, 0) is 4.74 Å². The number of benzene rings is 2. The average Bonchev–Trinajstić information content (AvgIpc) is 3.15. The Hall–Kier alpha value is -2.63. The van der Waals surface area contributed by atoms with Gasteiger partial charge in [0.05, 0.1) is 24.6 Å². The molecule has 0 radical (unpaired) electrons. The van der Waals surface area contributed by atoms with E-state index < -0.39 is 0 Å². The second kappa shape index (κ2) is 7.32. The molecule has 26 heavy (non-hydrogen) atoms. The molecule has 1 fully saturated rings. The van der Waals surface area contributed by atoms with Crippen LogP contribution in [0.5, 0.6) is 0 Å². The molecule has 2 aromatic carbocycles. The number of rotatable bonds is 3. The SMILES string of the molecule is O=C(c1cc(-c2ccc(Cl)cc2)nn1-c1ccccc1)N1CCOCC1. The molecule has 1 aliphatic heterocycles. The van der Waals surface area contributed by atoms with Crippen LogP contribution in [0.1, 0.15) is 10.5 Å². The largest absolute Gasteiger partial charge is 0.378 e. The summed E-state index contributed by atoms with van der Waals surface area (Å²) in [5, 5.41) is 5.36. The van der Waals surface area contributed by atoms with Crippen LogP contribution in [0.3, 0.4) is 0 Å². The standard InChI is InChI=1S/C20H18ClN3O2/c21-16-8-6-15(7-9-16)18-14-19(20(25)23-10-12-26-13-11-23)24(22-18)17-4-2-1-3-5-17/h1-9,14H,10-13H2. The summed E-state index contributed by atoms with van der Waals surface area (Å²) in [4.78, 5) is 14.9. The minimum Gasteiger partial charge on any atom is -0.378 e. The van der Waals surface area contributed by atoms with Crippen LogP contribution >= 0.6 is 11.6 Å². The minimum atomic E-state index is -0.0372. The van der Waals surface area contributed by atoms with Gasteiger partial charge in [-0.25, -0.2) is 4.68 Å². The molecule has 0 N–H and O–H groups in total. The third-order valence-corrected chi connectivity index (χ3v) is 4.62. The monoisotopic (exact) mass is 367 g/mol. The van der Waals surface area contributed by atoms with Crippen molar-refractivity contribution in [1.29, 1.82) is 0 Å². The van der Waals surface area contributed by atoms with E-state index in [2.05, 4.69) is 0 Å². The zero-order valence-corrected chi connectivity index (χ0v) is 14.9. The molecule has 3 aromatic rings. The van der Waals surface area contributed by atoms with Gasteiger partial charge in [0.2, 0.25) is 0 Å². The Morgan fingerprint density at radius 2 is 1.69 bits per heavy atom. The van der Waals surface area contributed by atoms with E-state index in [0.29, 0.717) is 37.0 Å². The van der Waals surface area contributed by atoms with Crippen LogP contribution in [0.15, 0.2) is 60.7 Å². The van der Waals surface area contributed by atoms with Gasteiger partial charge in [-0.1, -0.05) is 41.9 Å². The lowest BCUT2D eigenvalue weighted by Gasteiger charge is -2.26. The van der Waals surface area contributed by atoms with E-state index in [1.54, 1.807) is 4.68 Å². The molecule has 5 nitrogen and oxygen atoms in total. The predicted octanol–water partition coefficient (Wildman–Crippen LogP) is 3.67. The number of carbonyl (C=O) groups is 1. The van der Waals surface area contributed by atoms with Crippen molar-refractivity contribution in [3.8, 4) is 16.9 Å². The first-order valence-corrected chi connectivity index (χ1v) is 8.88. The summed E-state index contributed by atoms with van der Waals surface area (Å²) < 4.78 is 7.07. The molecule has 132 valence electrons. The quantitative estimate of drug-likeness (QED) is 0.709. The van der Waals surface area contributed by atoms with E-state index in [1.807, 2.05) is 65.6 Å². The Bertz CT molecular complexity index is 901. The highest BCUT2D eigenvalue weighted by molar-refractivity contribution is 6.30. The number of hydrogen-bond donors (Lipinski definition) is 0.